The fraction of sp³-hybridized carbons (Fsp3) is 0.929. The molecule has 1 fully saturated rings. The molecule has 1 rings (SSSR count). The minimum atomic E-state index is -0.941. The molecule has 0 saturated carbocycles. The molecule has 1 aliphatic heterocycles. The van der Waals surface area contributed by atoms with Crippen LogP contribution in [0.1, 0.15) is 13.8 Å². The predicted octanol–water partition coefficient (Wildman–Crippen LogP) is -0.608. The van der Waals surface area contributed by atoms with Crippen LogP contribution < -0.4 is 5.32 Å². The summed E-state index contributed by atoms with van der Waals surface area (Å²) in [7, 11) is 3.48. The lowest BCUT2D eigenvalue weighted by Crippen LogP contribution is -2.53. The van der Waals surface area contributed by atoms with Gasteiger partial charge in [0.25, 0.3) is 0 Å². The SMILES string of the molecule is CN[C@@H](C)[C@H](O)[C@H](C)C(C(=O)O)N(C)CC1COCCO1. The fourth-order valence-corrected chi connectivity index (χ4v) is 2.70. The molecular weight excluding hydrogens is 276 g/mol. The highest BCUT2D eigenvalue weighted by molar-refractivity contribution is 5.74. The first-order valence-electron chi connectivity index (χ1n) is 7.36. The fourth-order valence-electron chi connectivity index (χ4n) is 2.70. The molecule has 1 saturated heterocycles. The number of hydrogen-bond donors (Lipinski definition) is 3. The highest BCUT2D eigenvalue weighted by Crippen LogP contribution is 2.18. The number of aliphatic hydroxyl groups excluding tert-OH is 1. The molecule has 1 heterocycles. The monoisotopic (exact) mass is 304 g/mol. The number of rotatable bonds is 8. The first-order valence-corrected chi connectivity index (χ1v) is 7.36. The second-order valence-electron chi connectivity index (χ2n) is 5.72. The van der Waals surface area contributed by atoms with E-state index in [4.69, 9.17) is 9.47 Å². The maximum absolute atomic E-state index is 11.6. The van der Waals surface area contributed by atoms with Crippen LogP contribution in [0.25, 0.3) is 0 Å². The quantitative estimate of drug-likeness (QED) is 0.551. The lowest BCUT2D eigenvalue weighted by Gasteiger charge is -2.36. The average Bonchev–Trinajstić information content (AvgIpc) is 2.46. The van der Waals surface area contributed by atoms with Gasteiger partial charge in [-0.25, -0.2) is 0 Å². The van der Waals surface area contributed by atoms with E-state index in [0.29, 0.717) is 26.4 Å². The molecule has 124 valence electrons. The Kier molecular flexibility index (Phi) is 7.55. The molecule has 0 bridgehead atoms. The van der Waals surface area contributed by atoms with Crippen LogP contribution in [0.3, 0.4) is 0 Å². The second-order valence-corrected chi connectivity index (χ2v) is 5.72. The van der Waals surface area contributed by atoms with Gasteiger partial charge in [0.15, 0.2) is 0 Å². The number of hydrogen-bond acceptors (Lipinski definition) is 6. The Morgan fingerprint density at radius 3 is 2.57 bits per heavy atom. The third kappa shape index (κ3) is 5.19. The number of nitrogens with zero attached hydrogens (tertiary/aromatic N) is 1. The van der Waals surface area contributed by atoms with E-state index in [1.165, 1.54) is 0 Å². The summed E-state index contributed by atoms with van der Waals surface area (Å²) in [6.45, 7) is 5.63. The largest absolute Gasteiger partial charge is 0.480 e. The van der Waals surface area contributed by atoms with Gasteiger partial charge in [-0.1, -0.05) is 6.92 Å². The summed E-state index contributed by atoms with van der Waals surface area (Å²) in [6.07, 6.45) is -0.876. The van der Waals surface area contributed by atoms with Crippen molar-refractivity contribution in [1.82, 2.24) is 10.2 Å². The van der Waals surface area contributed by atoms with E-state index in [9.17, 15) is 15.0 Å². The number of carboxylic acids is 1. The van der Waals surface area contributed by atoms with E-state index < -0.39 is 24.0 Å². The molecule has 5 atom stereocenters. The molecule has 0 aromatic heterocycles. The number of carbonyl (C=O) groups is 1. The van der Waals surface area contributed by atoms with Crippen molar-refractivity contribution in [2.75, 3.05) is 40.5 Å². The zero-order valence-corrected chi connectivity index (χ0v) is 13.3. The third-order valence-corrected chi connectivity index (χ3v) is 4.11. The molecular formula is C14H28N2O5. The highest BCUT2D eigenvalue weighted by Gasteiger charge is 2.36. The van der Waals surface area contributed by atoms with E-state index in [-0.39, 0.29) is 12.1 Å². The van der Waals surface area contributed by atoms with Crippen LogP contribution >= 0.6 is 0 Å². The van der Waals surface area contributed by atoms with Gasteiger partial charge in [-0.2, -0.15) is 0 Å². The third-order valence-electron chi connectivity index (χ3n) is 4.11. The number of likely N-dealkylation sites (N-methyl/N-ethyl adjacent to an activating group) is 2. The first kappa shape index (κ1) is 18.3. The molecule has 0 radical (unpaired) electrons. The van der Waals surface area contributed by atoms with Crippen molar-refractivity contribution >= 4 is 5.97 Å². The Balaban J connectivity index is 2.68. The summed E-state index contributed by atoms with van der Waals surface area (Å²) in [6, 6.07) is -0.953. The number of nitrogens with one attached hydrogen (secondary N) is 1. The summed E-state index contributed by atoms with van der Waals surface area (Å²) < 4.78 is 10.9. The van der Waals surface area contributed by atoms with E-state index in [1.54, 1.807) is 25.9 Å². The molecule has 1 aliphatic rings. The minimum Gasteiger partial charge on any atom is -0.480 e. The Labute approximate surface area is 126 Å². The Morgan fingerprint density at radius 1 is 1.43 bits per heavy atom. The van der Waals surface area contributed by atoms with E-state index in [1.807, 2.05) is 6.92 Å². The molecule has 7 heteroatoms. The zero-order valence-electron chi connectivity index (χ0n) is 13.3. The van der Waals surface area contributed by atoms with Gasteiger partial charge in [-0.15, -0.1) is 0 Å². The maximum atomic E-state index is 11.6. The molecule has 7 nitrogen and oxygen atoms in total. The molecule has 3 N–H and O–H groups in total. The molecule has 0 amide bonds. The summed E-state index contributed by atoms with van der Waals surface area (Å²) in [5.74, 6) is -1.36. The van der Waals surface area contributed by atoms with Crippen LogP contribution in [-0.4, -0.2) is 85.8 Å². The average molecular weight is 304 g/mol. The molecule has 2 unspecified atom stereocenters. The van der Waals surface area contributed by atoms with E-state index in [0.717, 1.165) is 0 Å². The number of carboxylic acid groups (broad SMARTS) is 1. The van der Waals surface area contributed by atoms with Crippen LogP contribution in [-0.2, 0) is 14.3 Å². The molecule has 0 aliphatic carbocycles. The lowest BCUT2D eigenvalue weighted by molar-refractivity contribution is -0.150. The van der Waals surface area contributed by atoms with Crippen LogP contribution in [0.4, 0.5) is 0 Å². The van der Waals surface area contributed by atoms with Gasteiger partial charge < -0.3 is 25.0 Å². The Bertz CT molecular complexity index is 322. The highest BCUT2D eigenvalue weighted by atomic mass is 16.6. The first-order chi connectivity index (χ1) is 9.88. The predicted molar refractivity (Wildman–Crippen MR) is 78.3 cm³/mol. The van der Waals surface area contributed by atoms with E-state index >= 15 is 0 Å². The van der Waals surface area contributed by atoms with Crippen LogP contribution in [0.5, 0.6) is 0 Å². The molecule has 0 aromatic carbocycles. The standard InChI is InChI=1S/C14H28N2O5/c1-9(13(17)10(2)15-3)12(14(18)19)16(4)7-11-8-20-5-6-21-11/h9-13,15,17H,5-8H2,1-4H3,(H,18,19)/t9-,10+,11?,12?,13-/m1/s1. The van der Waals surface area contributed by atoms with Gasteiger partial charge >= 0.3 is 5.97 Å². The van der Waals surface area contributed by atoms with Crippen LogP contribution in [0, 0.1) is 5.92 Å². The van der Waals surface area contributed by atoms with Crippen molar-refractivity contribution in [3.63, 3.8) is 0 Å². The summed E-state index contributed by atoms with van der Waals surface area (Å²) in [5.41, 5.74) is 0. The van der Waals surface area contributed by atoms with Crippen LogP contribution in [0.2, 0.25) is 0 Å². The van der Waals surface area contributed by atoms with E-state index in [2.05, 4.69) is 5.32 Å². The van der Waals surface area contributed by atoms with Crippen LogP contribution in [0.15, 0.2) is 0 Å². The molecule has 0 spiro atoms. The van der Waals surface area contributed by atoms with Gasteiger partial charge in [-0.3, -0.25) is 9.69 Å². The normalized spacial score (nSPS) is 25.3. The van der Waals surface area contributed by atoms with Crippen molar-refractivity contribution in [1.29, 1.82) is 0 Å². The van der Waals surface area contributed by atoms with Gasteiger partial charge in [0.1, 0.15) is 6.04 Å². The van der Waals surface area contributed by atoms with Gasteiger partial charge in [0.2, 0.25) is 0 Å². The van der Waals surface area contributed by atoms with Crippen molar-refractivity contribution in [2.45, 2.75) is 38.1 Å². The Morgan fingerprint density at radius 2 is 2.10 bits per heavy atom. The Hall–Kier alpha value is -0.730. The van der Waals surface area contributed by atoms with Crippen molar-refractivity contribution in [3.05, 3.63) is 0 Å². The van der Waals surface area contributed by atoms with Crippen molar-refractivity contribution in [3.8, 4) is 0 Å². The number of aliphatic carboxylic acids is 1. The summed E-state index contributed by atoms with van der Waals surface area (Å²) in [5, 5.41) is 22.7. The second kappa shape index (κ2) is 8.65. The lowest BCUT2D eigenvalue weighted by atomic mass is 9.90. The maximum Gasteiger partial charge on any atom is 0.321 e. The van der Waals surface area contributed by atoms with Gasteiger partial charge in [0.05, 0.1) is 32.0 Å². The van der Waals surface area contributed by atoms with Gasteiger partial charge in [0, 0.05) is 18.5 Å². The molecule has 21 heavy (non-hydrogen) atoms. The van der Waals surface area contributed by atoms with Crippen molar-refractivity contribution < 1.29 is 24.5 Å². The minimum absolute atomic E-state index is 0.128. The topological polar surface area (TPSA) is 91.3 Å². The summed E-state index contributed by atoms with van der Waals surface area (Å²) in [4.78, 5) is 13.3. The molecule has 0 aromatic rings. The number of aliphatic hydroxyl groups is 1. The van der Waals surface area contributed by atoms with Crippen molar-refractivity contribution in [2.24, 2.45) is 5.92 Å². The zero-order chi connectivity index (χ0) is 16.0. The smallest absolute Gasteiger partial charge is 0.321 e. The van der Waals surface area contributed by atoms with Gasteiger partial charge in [-0.05, 0) is 21.0 Å². The summed E-state index contributed by atoms with van der Waals surface area (Å²) >= 11 is 0. The number of ether oxygens (including phenoxy) is 2.